The largest absolute Gasteiger partial charge is 0.504 e. The van der Waals surface area contributed by atoms with E-state index in [0.717, 1.165) is 17.2 Å². The maximum atomic E-state index is 12.8. The van der Waals surface area contributed by atoms with Gasteiger partial charge in [-0.1, -0.05) is 55.1 Å². The SMILES string of the molecule is C=C/C=C\C(=C/C)c1ccc(C(=O)c2c(C)cc(=O)c(O)c(O)c2O)cc1. The van der Waals surface area contributed by atoms with Gasteiger partial charge in [0.05, 0.1) is 5.56 Å². The van der Waals surface area contributed by atoms with Crippen LogP contribution in [-0.4, -0.2) is 21.1 Å². The lowest BCUT2D eigenvalue weighted by Gasteiger charge is -2.07. The minimum Gasteiger partial charge on any atom is -0.504 e. The molecule has 2 rings (SSSR count). The van der Waals surface area contributed by atoms with Gasteiger partial charge in [0.25, 0.3) is 0 Å². The Morgan fingerprint density at radius 2 is 1.59 bits per heavy atom. The Balaban J connectivity index is 2.53. The monoisotopic (exact) mass is 364 g/mol. The summed E-state index contributed by atoms with van der Waals surface area (Å²) >= 11 is 0. The second-order valence-electron chi connectivity index (χ2n) is 5.86. The average Bonchev–Trinajstić information content (AvgIpc) is 2.73. The predicted molar refractivity (Wildman–Crippen MR) is 105 cm³/mol. The zero-order valence-electron chi connectivity index (χ0n) is 15.1. The Hall–Kier alpha value is -3.60. The van der Waals surface area contributed by atoms with E-state index in [2.05, 4.69) is 6.58 Å². The Kier molecular flexibility index (Phi) is 5.98. The molecule has 27 heavy (non-hydrogen) atoms. The first-order chi connectivity index (χ1) is 12.8. The Bertz CT molecular complexity index is 1010. The van der Waals surface area contributed by atoms with Crippen molar-refractivity contribution in [2.75, 3.05) is 0 Å². The molecule has 0 heterocycles. The van der Waals surface area contributed by atoms with Gasteiger partial charge in [0.15, 0.2) is 11.5 Å². The lowest BCUT2D eigenvalue weighted by molar-refractivity contribution is 0.103. The van der Waals surface area contributed by atoms with Crippen LogP contribution in [0.25, 0.3) is 5.57 Å². The van der Waals surface area contributed by atoms with Crippen molar-refractivity contribution in [1.29, 1.82) is 0 Å². The van der Waals surface area contributed by atoms with E-state index >= 15 is 0 Å². The van der Waals surface area contributed by atoms with Gasteiger partial charge in [-0.05, 0) is 36.6 Å². The van der Waals surface area contributed by atoms with Gasteiger partial charge in [0.2, 0.25) is 16.9 Å². The minimum atomic E-state index is -1.01. The maximum Gasteiger partial charge on any atom is 0.224 e. The fraction of sp³-hybridized carbons (Fsp3) is 0.0909. The third-order valence-corrected chi connectivity index (χ3v) is 4.09. The second kappa shape index (κ2) is 8.19. The van der Waals surface area contributed by atoms with Crippen LogP contribution < -0.4 is 5.43 Å². The fourth-order valence-electron chi connectivity index (χ4n) is 2.65. The molecule has 2 aromatic carbocycles. The summed E-state index contributed by atoms with van der Waals surface area (Å²) in [4.78, 5) is 24.5. The molecule has 0 spiro atoms. The first kappa shape index (κ1) is 19.7. The van der Waals surface area contributed by atoms with Crippen molar-refractivity contribution in [3.8, 4) is 17.2 Å². The molecule has 0 amide bonds. The second-order valence-corrected chi connectivity index (χ2v) is 5.86. The van der Waals surface area contributed by atoms with Gasteiger partial charge in [-0.25, -0.2) is 0 Å². The zero-order valence-corrected chi connectivity index (χ0v) is 15.1. The summed E-state index contributed by atoms with van der Waals surface area (Å²) in [7, 11) is 0. The number of ketones is 1. The van der Waals surface area contributed by atoms with Crippen molar-refractivity contribution in [3.05, 3.63) is 93.7 Å². The number of hydrogen-bond acceptors (Lipinski definition) is 5. The van der Waals surface area contributed by atoms with Gasteiger partial charge >= 0.3 is 0 Å². The van der Waals surface area contributed by atoms with Crippen LogP contribution in [0.15, 0.2) is 66.0 Å². The first-order valence-electron chi connectivity index (χ1n) is 8.21. The van der Waals surface area contributed by atoms with E-state index in [9.17, 15) is 24.9 Å². The van der Waals surface area contributed by atoms with Crippen molar-refractivity contribution >= 4 is 11.4 Å². The average molecular weight is 364 g/mol. The molecule has 0 saturated carbocycles. The number of carbonyl (C=O) groups excluding carboxylic acids is 1. The third-order valence-electron chi connectivity index (χ3n) is 4.09. The van der Waals surface area contributed by atoms with Gasteiger partial charge in [-0.15, -0.1) is 0 Å². The Morgan fingerprint density at radius 3 is 2.15 bits per heavy atom. The summed E-state index contributed by atoms with van der Waals surface area (Å²) in [5.41, 5.74) is 1.10. The fourth-order valence-corrected chi connectivity index (χ4v) is 2.65. The number of hydrogen-bond donors (Lipinski definition) is 3. The van der Waals surface area contributed by atoms with Crippen LogP contribution in [0.4, 0.5) is 0 Å². The van der Waals surface area contributed by atoms with Crippen LogP contribution in [0.3, 0.4) is 0 Å². The van der Waals surface area contributed by atoms with Crippen molar-refractivity contribution < 1.29 is 20.1 Å². The molecular formula is C22H20O5. The highest BCUT2D eigenvalue weighted by Crippen LogP contribution is 2.36. The molecule has 3 N–H and O–H groups in total. The topological polar surface area (TPSA) is 94.8 Å². The molecule has 0 aliphatic rings. The smallest absolute Gasteiger partial charge is 0.224 e. The van der Waals surface area contributed by atoms with Gasteiger partial charge in [-0.3, -0.25) is 9.59 Å². The lowest BCUT2D eigenvalue weighted by Crippen LogP contribution is -2.04. The van der Waals surface area contributed by atoms with E-state index in [1.54, 1.807) is 36.4 Å². The van der Waals surface area contributed by atoms with Gasteiger partial charge in [0, 0.05) is 5.56 Å². The van der Waals surface area contributed by atoms with Crippen LogP contribution in [0, 0.1) is 6.92 Å². The van der Waals surface area contributed by atoms with Gasteiger partial charge in [-0.2, -0.15) is 0 Å². The highest BCUT2D eigenvalue weighted by atomic mass is 16.3. The molecule has 0 aliphatic heterocycles. The van der Waals surface area contributed by atoms with Crippen molar-refractivity contribution in [2.45, 2.75) is 13.8 Å². The van der Waals surface area contributed by atoms with Crippen LogP contribution in [0.5, 0.6) is 17.2 Å². The molecular weight excluding hydrogens is 344 g/mol. The Morgan fingerprint density at radius 1 is 1.00 bits per heavy atom. The van der Waals surface area contributed by atoms with E-state index < -0.39 is 28.5 Å². The summed E-state index contributed by atoms with van der Waals surface area (Å²) < 4.78 is 0. The van der Waals surface area contributed by atoms with Gasteiger partial charge in [0.1, 0.15) is 0 Å². The molecule has 0 aliphatic carbocycles. The number of carbonyl (C=O) groups is 1. The summed E-state index contributed by atoms with van der Waals surface area (Å²) in [6.07, 6.45) is 7.26. The summed E-state index contributed by atoms with van der Waals surface area (Å²) in [6.45, 7) is 6.97. The zero-order chi connectivity index (χ0) is 20.1. The molecule has 0 bridgehead atoms. The molecule has 0 fully saturated rings. The number of aryl methyl sites for hydroxylation is 1. The lowest BCUT2D eigenvalue weighted by atomic mass is 9.97. The number of benzene rings is 1. The van der Waals surface area contributed by atoms with Crippen LogP contribution >= 0.6 is 0 Å². The highest BCUT2D eigenvalue weighted by molar-refractivity contribution is 6.12. The van der Waals surface area contributed by atoms with Gasteiger partial charge < -0.3 is 15.3 Å². The maximum absolute atomic E-state index is 12.8. The predicted octanol–water partition coefficient (Wildman–Crippen LogP) is 3.85. The molecule has 5 nitrogen and oxygen atoms in total. The quantitative estimate of drug-likeness (QED) is 0.553. The Labute approximate surface area is 156 Å². The molecule has 0 unspecified atom stereocenters. The van der Waals surface area contributed by atoms with Crippen molar-refractivity contribution in [3.63, 3.8) is 0 Å². The number of rotatable bonds is 5. The summed E-state index contributed by atoms with van der Waals surface area (Å²) in [6, 6.07) is 7.67. The minimum absolute atomic E-state index is 0.144. The standard InChI is InChI=1S/C22H20O5/c1-4-6-7-14(5-2)15-8-10-16(11-9-15)19(24)18-13(3)12-17(23)20(25)22(27)21(18)26/h4-12H,1H2,2-3H3,(H3,23,25,26,27)/b7-6-,14-5+. The van der Waals surface area contributed by atoms with Crippen molar-refractivity contribution in [2.24, 2.45) is 0 Å². The molecule has 0 radical (unpaired) electrons. The number of aromatic hydroxyl groups is 3. The van der Waals surface area contributed by atoms with Crippen LogP contribution in [0.1, 0.15) is 34.0 Å². The normalized spacial score (nSPS) is 11.6. The van der Waals surface area contributed by atoms with E-state index in [4.69, 9.17) is 0 Å². The first-order valence-corrected chi connectivity index (χ1v) is 8.21. The van der Waals surface area contributed by atoms with E-state index in [-0.39, 0.29) is 16.7 Å². The van der Waals surface area contributed by atoms with E-state index in [1.807, 2.05) is 19.1 Å². The molecule has 5 heteroatoms. The van der Waals surface area contributed by atoms with Crippen LogP contribution in [-0.2, 0) is 0 Å². The summed E-state index contributed by atoms with van der Waals surface area (Å²) in [5.74, 6) is -3.43. The molecule has 0 saturated heterocycles. The van der Waals surface area contributed by atoms with Crippen molar-refractivity contribution in [1.82, 2.24) is 0 Å². The van der Waals surface area contributed by atoms with E-state index in [0.29, 0.717) is 0 Å². The molecule has 138 valence electrons. The highest BCUT2D eigenvalue weighted by Gasteiger charge is 2.21. The third kappa shape index (κ3) is 3.98. The summed E-state index contributed by atoms with van der Waals surface area (Å²) in [5, 5.41) is 29.6. The number of allylic oxidation sites excluding steroid dienone is 5. The van der Waals surface area contributed by atoms with E-state index in [1.165, 1.54) is 6.92 Å². The molecule has 2 aromatic rings. The molecule has 0 atom stereocenters. The molecule has 0 aromatic heterocycles. The van der Waals surface area contributed by atoms with Crippen LogP contribution in [0.2, 0.25) is 0 Å².